The van der Waals surface area contributed by atoms with Crippen LogP contribution in [0.4, 0.5) is 0 Å². The zero-order chi connectivity index (χ0) is 14.7. The predicted molar refractivity (Wildman–Crippen MR) is 87.0 cm³/mol. The monoisotopic (exact) mass is 281 g/mol. The molecule has 2 atom stereocenters. The first-order chi connectivity index (χ1) is 10.3. The molecule has 0 radical (unpaired) electrons. The molecule has 0 aliphatic heterocycles. The first-order valence-corrected chi connectivity index (χ1v) is 7.70. The van der Waals surface area contributed by atoms with E-state index in [9.17, 15) is 0 Å². The van der Waals surface area contributed by atoms with Crippen LogP contribution >= 0.6 is 0 Å². The highest BCUT2D eigenvalue weighted by atomic mass is 16.5. The number of benzene rings is 2. The van der Waals surface area contributed by atoms with Crippen molar-refractivity contribution in [1.82, 2.24) is 5.32 Å². The number of fused-ring (bicyclic) bond motifs is 1. The summed E-state index contributed by atoms with van der Waals surface area (Å²) in [5.74, 6) is 2.10. The molecular formula is C19H23NO. The average Bonchev–Trinajstić information content (AvgIpc) is 2.55. The van der Waals surface area contributed by atoms with Crippen LogP contribution in [0, 0.1) is 5.92 Å². The van der Waals surface area contributed by atoms with Crippen molar-refractivity contribution in [3.63, 3.8) is 0 Å². The summed E-state index contributed by atoms with van der Waals surface area (Å²) in [7, 11) is 3.79. The molecule has 1 N–H and O–H groups in total. The van der Waals surface area contributed by atoms with E-state index in [4.69, 9.17) is 4.74 Å². The van der Waals surface area contributed by atoms with Crippen molar-refractivity contribution in [1.29, 1.82) is 0 Å². The average molecular weight is 281 g/mol. The Balaban J connectivity index is 2.04. The minimum atomic E-state index is 0.480. The molecule has 2 unspecified atom stereocenters. The summed E-state index contributed by atoms with van der Waals surface area (Å²) in [6.07, 6.45) is 2.36. The summed E-state index contributed by atoms with van der Waals surface area (Å²) in [5, 5.41) is 3.37. The molecule has 21 heavy (non-hydrogen) atoms. The Hall–Kier alpha value is -1.80. The fourth-order valence-corrected chi connectivity index (χ4v) is 3.58. The van der Waals surface area contributed by atoms with Gasteiger partial charge in [-0.2, -0.15) is 0 Å². The maximum Gasteiger partial charge on any atom is 0.119 e. The third-order valence-electron chi connectivity index (χ3n) is 4.57. The van der Waals surface area contributed by atoms with Gasteiger partial charge < -0.3 is 10.1 Å². The second-order valence-electron chi connectivity index (χ2n) is 5.81. The molecule has 0 fully saturated rings. The van der Waals surface area contributed by atoms with Crippen LogP contribution in [0.25, 0.3) is 0 Å². The molecule has 2 aromatic carbocycles. The van der Waals surface area contributed by atoms with Gasteiger partial charge in [0.2, 0.25) is 0 Å². The maximum atomic E-state index is 5.38. The molecule has 0 saturated heterocycles. The van der Waals surface area contributed by atoms with E-state index in [0.717, 1.165) is 18.7 Å². The SMILES string of the molecule is CNCC1CCc2cc(OC)ccc2C1c1ccccc1. The molecule has 110 valence electrons. The Bertz CT molecular complexity index is 594. The van der Waals surface area contributed by atoms with Gasteiger partial charge in [0, 0.05) is 5.92 Å². The number of methoxy groups -OCH3 is 1. The van der Waals surface area contributed by atoms with Crippen LogP contribution in [-0.2, 0) is 6.42 Å². The van der Waals surface area contributed by atoms with Crippen LogP contribution < -0.4 is 10.1 Å². The van der Waals surface area contributed by atoms with Crippen LogP contribution in [0.1, 0.15) is 29.0 Å². The maximum absolute atomic E-state index is 5.38. The van der Waals surface area contributed by atoms with Crippen molar-refractivity contribution in [2.45, 2.75) is 18.8 Å². The predicted octanol–water partition coefficient (Wildman–Crippen LogP) is 3.61. The third kappa shape index (κ3) is 2.81. The lowest BCUT2D eigenvalue weighted by atomic mass is 9.72. The van der Waals surface area contributed by atoms with Gasteiger partial charge in [-0.1, -0.05) is 36.4 Å². The molecule has 2 heteroatoms. The summed E-state index contributed by atoms with van der Waals surface area (Å²) in [6.45, 7) is 1.06. The highest BCUT2D eigenvalue weighted by molar-refractivity contribution is 5.44. The van der Waals surface area contributed by atoms with E-state index in [1.54, 1.807) is 7.11 Å². The Morgan fingerprint density at radius 1 is 1.14 bits per heavy atom. The lowest BCUT2D eigenvalue weighted by Gasteiger charge is -2.34. The lowest BCUT2D eigenvalue weighted by Crippen LogP contribution is -2.29. The van der Waals surface area contributed by atoms with Crippen molar-refractivity contribution in [3.8, 4) is 5.75 Å². The third-order valence-corrected chi connectivity index (χ3v) is 4.57. The minimum Gasteiger partial charge on any atom is -0.497 e. The second-order valence-corrected chi connectivity index (χ2v) is 5.81. The van der Waals surface area contributed by atoms with E-state index in [1.807, 2.05) is 7.05 Å². The van der Waals surface area contributed by atoms with Gasteiger partial charge in [0.05, 0.1) is 7.11 Å². The normalized spacial score (nSPS) is 20.9. The molecule has 0 heterocycles. The van der Waals surface area contributed by atoms with Crippen molar-refractivity contribution in [2.24, 2.45) is 5.92 Å². The Kier molecular flexibility index (Phi) is 4.26. The molecule has 2 nitrogen and oxygen atoms in total. The van der Waals surface area contributed by atoms with Crippen molar-refractivity contribution < 1.29 is 4.74 Å². The number of ether oxygens (including phenoxy) is 1. The van der Waals surface area contributed by atoms with Crippen molar-refractivity contribution in [2.75, 3.05) is 20.7 Å². The topological polar surface area (TPSA) is 21.3 Å². The molecule has 0 bridgehead atoms. The van der Waals surface area contributed by atoms with E-state index in [-0.39, 0.29) is 0 Å². The molecule has 0 amide bonds. The first kappa shape index (κ1) is 14.2. The van der Waals surface area contributed by atoms with E-state index in [2.05, 4.69) is 53.8 Å². The Labute approximate surface area is 127 Å². The minimum absolute atomic E-state index is 0.480. The van der Waals surface area contributed by atoms with Gasteiger partial charge in [0.25, 0.3) is 0 Å². The summed E-state index contributed by atoms with van der Waals surface area (Å²) < 4.78 is 5.38. The van der Waals surface area contributed by atoms with Crippen LogP contribution in [0.5, 0.6) is 5.75 Å². The van der Waals surface area contributed by atoms with Gasteiger partial charge in [-0.05, 0) is 61.2 Å². The zero-order valence-electron chi connectivity index (χ0n) is 12.8. The van der Waals surface area contributed by atoms with Crippen LogP contribution in [0.15, 0.2) is 48.5 Å². The van der Waals surface area contributed by atoms with Gasteiger partial charge in [0.15, 0.2) is 0 Å². The molecule has 2 aromatic rings. The molecule has 0 saturated carbocycles. The summed E-state index contributed by atoms with van der Waals surface area (Å²) in [5.41, 5.74) is 4.33. The van der Waals surface area contributed by atoms with E-state index >= 15 is 0 Å². The van der Waals surface area contributed by atoms with Gasteiger partial charge >= 0.3 is 0 Å². The van der Waals surface area contributed by atoms with Crippen molar-refractivity contribution in [3.05, 3.63) is 65.2 Å². The van der Waals surface area contributed by atoms with E-state index < -0.39 is 0 Å². The number of nitrogens with one attached hydrogen (secondary N) is 1. The highest BCUT2D eigenvalue weighted by Crippen LogP contribution is 2.41. The summed E-state index contributed by atoms with van der Waals surface area (Å²) in [6, 6.07) is 17.5. The smallest absolute Gasteiger partial charge is 0.119 e. The summed E-state index contributed by atoms with van der Waals surface area (Å²) >= 11 is 0. The molecular weight excluding hydrogens is 258 g/mol. The first-order valence-electron chi connectivity index (χ1n) is 7.70. The largest absolute Gasteiger partial charge is 0.497 e. The second kappa shape index (κ2) is 6.31. The number of rotatable bonds is 4. The molecule has 1 aliphatic carbocycles. The lowest BCUT2D eigenvalue weighted by molar-refractivity contribution is 0.389. The molecule has 0 spiro atoms. The Morgan fingerprint density at radius 2 is 1.95 bits per heavy atom. The summed E-state index contributed by atoms with van der Waals surface area (Å²) in [4.78, 5) is 0. The molecule has 3 rings (SSSR count). The standard InChI is InChI=1S/C19H23NO/c1-20-13-16-9-8-15-12-17(21-2)10-11-18(15)19(16)14-6-4-3-5-7-14/h3-7,10-12,16,19-20H,8-9,13H2,1-2H3. The van der Waals surface area contributed by atoms with Gasteiger partial charge in [-0.3, -0.25) is 0 Å². The van der Waals surface area contributed by atoms with Gasteiger partial charge in [-0.15, -0.1) is 0 Å². The fraction of sp³-hybridized carbons (Fsp3) is 0.368. The molecule has 1 aliphatic rings. The number of aryl methyl sites for hydroxylation is 1. The molecule has 0 aromatic heterocycles. The van der Waals surface area contributed by atoms with Crippen LogP contribution in [0.2, 0.25) is 0 Å². The van der Waals surface area contributed by atoms with Gasteiger partial charge in [0.1, 0.15) is 5.75 Å². The highest BCUT2D eigenvalue weighted by Gasteiger charge is 2.30. The van der Waals surface area contributed by atoms with Gasteiger partial charge in [-0.25, -0.2) is 0 Å². The number of hydrogen-bond donors (Lipinski definition) is 1. The van der Waals surface area contributed by atoms with Crippen molar-refractivity contribution >= 4 is 0 Å². The zero-order valence-corrected chi connectivity index (χ0v) is 12.8. The van der Waals surface area contributed by atoms with Crippen LogP contribution in [0.3, 0.4) is 0 Å². The number of hydrogen-bond acceptors (Lipinski definition) is 2. The Morgan fingerprint density at radius 3 is 2.67 bits per heavy atom. The van der Waals surface area contributed by atoms with E-state index in [1.165, 1.54) is 23.1 Å². The quantitative estimate of drug-likeness (QED) is 0.924. The van der Waals surface area contributed by atoms with Crippen LogP contribution in [-0.4, -0.2) is 20.7 Å². The van der Waals surface area contributed by atoms with E-state index in [0.29, 0.717) is 11.8 Å². The fourth-order valence-electron chi connectivity index (χ4n) is 3.58.